The van der Waals surface area contributed by atoms with Crippen LogP contribution in [0.2, 0.25) is 0 Å². The summed E-state index contributed by atoms with van der Waals surface area (Å²) in [4.78, 5) is 14.0. The largest absolute Gasteiger partial charge is 0.339 e. The van der Waals surface area contributed by atoms with Crippen molar-refractivity contribution in [2.45, 2.75) is 32.4 Å². The lowest BCUT2D eigenvalue weighted by atomic mass is 9.87. The van der Waals surface area contributed by atoms with E-state index in [4.69, 9.17) is 5.26 Å². The number of hydrogen-bond donors (Lipinski definition) is 0. The Bertz CT molecular complexity index is 287. The molecule has 0 bridgehead atoms. The fourth-order valence-electron chi connectivity index (χ4n) is 1.63. The third-order valence-corrected chi connectivity index (χ3v) is 4.09. The van der Waals surface area contributed by atoms with Crippen LogP contribution >= 0.6 is 11.8 Å². The molecule has 0 aliphatic carbocycles. The number of amides is 1. The summed E-state index contributed by atoms with van der Waals surface area (Å²) in [6.07, 6.45) is 0.584. The quantitative estimate of drug-likeness (QED) is 0.722. The molecule has 1 fully saturated rings. The third-order valence-electron chi connectivity index (χ3n) is 2.95. The van der Waals surface area contributed by atoms with E-state index in [1.54, 1.807) is 6.92 Å². The SMILES string of the molecule is CCC(C)(C#N)C(=O)N1CCSC(C)C1. The van der Waals surface area contributed by atoms with Crippen LogP contribution in [0.3, 0.4) is 0 Å². The molecule has 0 N–H and O–H groups in total. The van der Waals surface area contributed by atoms with Gasteiger partial charge in [0.1, 0.15) is 5.41 Å². The molecule has 1 saturated heterocycles. The average Bonchev–Trinajstić information content (AvgIpc) is 2.27. The van der Waals surface area contributed by atoms with Crippen LogP contribution in [-0.2, 0) is 4.79 Å². The topological polar surface area (TPSA) is 44.1 Å². The second-order valence-corrected chi connectivity index (χ2v) is 5.78. The molecule has 0 aromatic heterocycles. The van der Waals surface area contributed by atoms with Crippen LogP contribution in [0.25, 0.3) is 0 Å². The second kappa shape index (κ2) is 4.89. The predicted molar refractivity (Wildman–Crippen MR) is 62.5 cm³/mol. The van der Waals surface area contributed by atoms with Gasteiger partial charge in [-0.05, 0) is 13.3 Å². The summed E-state index contributed by atoms with van der Waals surface area (Å²) in [7, 11) is 0. The summed E-state index contributed by atoms with van der Waals surface area (Å²) in [6, 6.07) is 2.14. The third kappa shape index (κ3) is 2.66. The minimum atomic E-state index is -0.832. The maximum absolute atomic E-state index is 12.1. The maximum Gasteiger partial charge on any atom is 0.242 e. The summed E-state index contributed by atoms with van der Waals surface area (Å²) in [6.45, 7) is 7.32. The van der Waals surface area contributed by atoms with Crippen molar-refractivity contribution in [3.8, 4) is 6.07 Å². The number of nitriles is 1. The highest BCUT2D eigenvalue weighted by Crippen LogP contribution is 2.26. The molecule has 0 aromatic carbocycles. The Morgan fingerprint density at radius 1 is 1.73 bits per heavy atom. The Labute approximate surface area is 95.8 Å². The van der Waals surface area contributed by atoms with Crippen LogP contribution in [0.15, 0.2) is 0 Å². The van der Waals surface area contributed by atoms with Crippen molar-refractivity contribution < 1.29 is 4.79 Å². The number of carbonyl (C=O) groups is 1. The van der Waals surface area contributed by atoms with Gasteiger partial charge in [-0.2, -0.15) is 17.0 Å². The molecule has 1 aliphatic heterocycles. The molecule has 4 heteroatoms. The van der Waals surface area contributed by atoms with E-state index in [1.165, 1.54) is 0 Å². The summed E-state index contributed by atoms with van der Waals surface area (Å²) >= 11 is 1.89. The second-order valence-electron chi connectivity index (χ2n) is 4.23. The molecule has 2 unspecified atom stereocenters. The first-order valence-corrected chi connectivity index (χ1v) is 6.40. The molecule has 1 heterocycles. The average molecular weight is 226 g/mol. The molecule has 0 saturated carbocycles. The van der Waals surface area contributed by atoms with E-state index in [1.807, 2.05) is 23.6 Å². The minimum Gasteiger partial charge on any atom is -0.339 e. The van der Waals surface area contributed by atoms with E-state index >= 15 is 0 Å². The van der Waals surface area contributed by atoms with Crippen molar-refractivity contribution in [2.75, 3.05) is 18.8 Å². The zero-order chi connectivity index (χ0) is 11.5. The Balaban J connectivity index is 2.71. The van der Waals surface area contributed by atoms with E-state index in [9.17, 15) is 4.79 Å². The molecule has 0 spiro atoms. The summed E-state index contributed by atoms with van der Waals surface area (Å²) < 4.78 is 0. The highest BCUT2D eigenvalue weighted by atomic mass is 32.2. The van der Waals surface area contributed by atoms with Crippen LogP contribution in [0.4, 0.5) is 0 Å². The summed E-state index contributed by atoms with van der Waals surface area (Å²) in [5.41, 5.74) is -0.832. The van der Waals surface area contributed by atoms with Crippen LogP contribution in [0, 0.1) is 16.7 Å². The highest BCUT2D eigenvalue weighted by Gasteiger charge is 2.36. The van der Waals surface area contributed by atoms with Crippen molar-refractivity contribution in [3.63, 3.8) is 0 Å². The van der Waals surface area contributed by atoms with Gasteiger partial charge >= 0.3 is 0 Å². The highest BCUT2D eigenvalue weighted by molar-refractivity contribution is 7.99. The van der Waals surface area contributed by atoms with E-state index in [-0.39, 0.29) is 5.91 Å². The van der Waals surface area contributed by atoms with Gasteiger partial charge in [0, 0.05) is 24.1 Å². The first kappa shape index (κ1) is 12.4. The molecular weight excluding hydrogens is 208 g/mol. The van der Waals surface area contributed by atoms with Gasteiger partial charge in [0.15, 0.2) is 0 Å². The fourth-order valence-corrected chi connectivity index (χ4v) is 2.64. The van der Waals surface area contributed by atoms with Crippen LogP contribution < -0.4 is 0 Å². The molecule has 1 amide bonds. The van der Waals surface area contributed by atoms with Crippen LogP contribution in [-0.4, -0.2) is 34.9 Å². The standard InChI is InChI=1S/C11H18N2OS/c1-4-11(3,8-12)10(14)13-5-6-15-9(2)7-13/h9H,4-7H2,1-3H3. The number of nitrogens with zero attached hydrogens (tertiary/aromatic N) is 2. The molecular formula is C11H18N2OS. The van der Waals surface area contributed by atoms with Crippen molar-refractivity contribution >= 4 is 17.7 Å². The minimum absolute atomic E-state index is 0.000324. The van der Waals surface area contributed by atoms with Gasteiger partial charge in [-0.1, -0.05) is 13.8 Å². The van der Waals surface area contributed by atoms with Gasteiger partial charge in [0.05, 0.1) is 6.07 Å². The van der Waals surface area contributed by atoms with Crippen LogP contribution in [0.1, 0.15) is 27.2 Å². The Morgan fingerprint density at radius 3 is 2.87 bits per heavy atom. The van der Waals surface area contributed by atoms with Gasteiger partial charge in [-0.15, -0.1) is 0 Å². The van der Waals surface area contributed by atoms with Gasteiger partial charge in [-0.3, -0.25) is 4.79 Å². The lowest BCUT2D eigenvalue weighted by Gasteiger charge is -2.34. The van der Waals surface area contributed by atoms with Crippen molar-refractivity contribution in [3.05, 3.63) is 0 Å². The number of hydrogen-bond acceptors (Lipinski definition) is 3. The zero-order valence-corrected chi connectivity index (χ0v) is 10.4. The lowest BCUT2D eigenvalue weighted by Crippen LogP contribution is -2.47. The summed E-state index contributed by atoms with van der Waals surface area (Å²) in [5.74, 6) is 0.984. The number of carbonyl (C=O) groups excluding carboxylic acids is 1. The van der Waals surface area contributed by atoms with Gasteiger partial charge < -0.3 is 4.90 Å². The maximum atomic E-state index is 12.1. The molecule has 1 rings (SSSR count). The molecule has 0 radical (unpaired) electrons. The fraction of sp³-hybridized carbons (Fsp3) is 0.818. The number of rotatable bonds is 2. The first-order valence-electron chi connectivity index (χ1n) is 5.35. The van der Waals surface area contributed by atoms with Crippen molar-refractivity contribution in [1.82, 2.24) is 4.90 Å². The normalized spacial score (nSPS) is 25.5. The van der Waals surface area contributed by atoms with Crippen LogP contribution in [0.5, 0.6) is 0 Å². The molecule has 1 aliphatic rings. The Kier molecular flexibility index (Phi) is 4.04. The van der Waals surface area contributed by atoms with Gasteiger partial charge in [0.25, 0.3) is 0 Å². The van der Waals surface area contributed by atoms with E-state index in [0.29, 0.717) is 11.7 Å². The van der Waals surface area contributed by atoms with Gasteiger partial charge in [-0.25, -0.2) is 0 Å². The molecule has 2 atom stereocenters. The Hall–Kier alpha value is -0.690. The molecule has 0 aromatic rings. The lowest BCUT2D eigenvalue weighted by molar-refractivity contribution is -0.138. The first-order chi connectivity index (χ1) is 7.03. The predicted octanol–water partition coefficient (Wildman–Crippen LogP) is 1.89. The summed E-state index contributed by atoms with van der Waals surface area (Å²) in [5, 5.41) is 9.54. The number of thioether (sulfide) groups is 1. The smallest absolute Gasteiger partial charge is 0.242 e. The van der Waals surface area contributed by atoms with Crippen molar-refractivity contribution in [2.24, 2.45) is 5.41 Å². The Morgan fingerprint density at radius 2 is 2.40 bits per heavy atom. The molecule has 15 heavy (non-hydrogen) atoms. The molecule has 84 valence electrons. The van der Waals surface area contributed by atoms with E-state index in [2.05, 4.69) is 13.0 Å². The monoisotopic (exact) mass is 226 g/mol. The van der Waals surface area contributed by atoms with E-state index < -0.39 is 5.41 Å². The van der Waals surface area contributed by atoms with E-state index in [0.717, 1.165) is 18.8 Å². The van der Waals surface area contributed by atoms with Crippen molar-refractivity contribution in [1.29, 1.82) is 5.26 Å². The molecule has 3 nitrogen and oxygen atoms in total. The zero-order valence-electron chi connectivity index (χ0n) is 9.62. The van der Waals surface area contributed by atoms with Gasteiger partial charge in [0.2, 0.25) is 5.91 Å².